The predicted molar refractivity (Wildman–Crippen MR) is 138 cm³/mol. The first-order valence-corrected chi connectivity index (χ1v) is 14.4. The lowest BCUT2D eigenvalue weighted by atomic mass is 10.0. The summed E-state index contributed by atoms with van der Waals surface area (Å²) in [5.74, 6) is 1.59. The van der Waals surface area contributed by atoms with Gasteiger partial charge in [0, 0.05) is 6.42 Å². The molecule has 2 heteroatoms. The normalized spacial score (nSPS) is 11.5. The highest BCUT2D eigenvalue weighted by molar-refractivity contribution is 4.84. The van der Waals surface area contributed by atoms with Gasteiger partial charge in [0.25, 0.3) is 5.82 Å². The minimum atomic E-state index is 1.20. The number of imidazole rings is 1. The van der Waals surface area contributed by atoms with Crippen LogP contribution in [0.4, 0.5) is 0 Å². The van der Waals surface area contributed by atoms with Gasteiger partial charge in [-0.2, -0.15) is 0 Å². The zero-order valence-electron chi connectivity index (χ0n) is 21.8. The summed E-state index contributed by atoms with van der Waals surface area (Å²) in [6.45, 7) is 9.32. The first kappa shape index (κ1) is 28.2. The third-order valence-electron chi connectivity index (χ3n) is 6.85. The Hall–Kier alpha value is -0.790. The zero-order chi connectivity index (χ0) is 22.4. The van der Waals surface area contributed by atoms with E-state index in [9.17, 15) is 0 Å². The summed E-state index contributed by atoms with van der Waals surface area (Å²) in [7, 11) is 0. The molecule has 0 amide bonds. The van der Waals surface area contributed by atoms with Crippen molar-refractivity contribution in [1.82, 2.24) is 4.57 Å². The molecule has 0 aliphatic heterocycles. The first-order chi connectivity index (χ1) is 15.3. The van der Waals surface area contributed by atoms with Gasteiger partial charge in [0.05, 0.1) is 13.1 Å². The van der Waals surface area contributed by atoms with Crippen molar-refractivity contribution in [1.29, 1.82) is 0 Å². The van der Waals surface area contributed by atoms with Crippen LogP contribution in [-0.4, -0.2) is 4.57 Å². The van der Waals surface area contributed by atoms with Gasteiger partial charge < -0.3 is 0 Å². The Morgan fingerprint density at radius 3 is 1.52 bits per heavy atom. The van der Waals surface area contributed by atoms with E-state index >= 15 is 0 Å². The molecule has 0 bridgehead atoms. The average molecular weight is 434 g/mol. The van der Waals surface area contributed by atoms with Crippen LogP contribution >= 0.6 is 0 Å². The molecule has 0 aromatic carbocycles. The van der Waals surface area contributed by atoms with Crippen molar-refractivity contribution in [3.05, 3.63) is 18.2 Å². The molecular weight excluding hydrogens is 376 g/mol. The van der Waals surface area contributed by atoms with Gasteiger partial charge in [-0.25, -0.2) is 9.13 Å². The van der Waals surface area contributed by atoms with Crippen molar-refractivity contribution >= 4 is 0 Å². The molecule has 2 nitrogen and oxygen atoms in total. The van der Waals surface area contributed by atoms with Crippen molar-refractivity contribution < 1.29 is 4.57 Å². The standard InChI is InChI=1S/C29H57N2/c1-4-7-10-12-13-14-15-16-17-18-19-20-21-22-24-29-30(25-9-6-3)27-28-31(29)26-23-11-8-5-2/h27-28H,4-26H2,1-3H3/q+1. The van der Waals surface area contributed by atoms with Gasteiger partial charge in [0.1, 0.15) is 12.4 Å². The number of hydrogen-bond donors (Lipinski definition) is 0. The second-order valence-corrected chi connectivity index (χ2v) is 9.86. The lowest BCUT2D eigenvalue weighted by Crippen LogP contribution is -2.37. The zero-order valence-corrected chi connectivity index (χ0v) is 21.8. The molecule has 0 spiro atoms. The molecule has 0 fully saturated rings. The van der Waals surface area contributed by atoms with E-state index in [1.165, 1.54) is 148 Å². The van der Waals surface area contributed by atoms with Gasteiger partial charge in [-0.3, -0.25) is 0 Å². The Balaban J connectivity index is 2.12. The summed E-state index contributed by atoms with van der Waals surface area (Å²) in [5, 5.41) is 0. The minimum Gasteiger partial charge on any atom is -0.234 e. The van der Waals surface area contributed by atoms with E-state index in [2.05, 4.69) is 42.3 Å². The highest BCUT2D eigenvalue weighted by Crippen LogP contribution is 2.14. The second-order valence-electron chi connectivity index (χ2n) is 9.86. The molecule has 0 atom stereocenters. The maximum absolute atomic E-state index is 2.56. The first-order valence-electron chi connectivity index (χ1n) is 14.4. The van der Waals surface area contributed by atoms with Crippen LogP contribution in [0.15, 0.2) is 12.4 Å². The molecular formula is C29H57N2+. The third-order valence-corrected chi connectivity index (χ3v) is 6.85. The van der Waals surface area contributed by atoms with Crippen LogP contribution in [0.2, 0.25) is 0 Å². The molecule has 0 N–H and O–H groups in total. The van der Waals surface area contributed by atoms with Crippen LogP contribution in [0.3, 0.4) is 0 Å². The van der Waals surface area contributed by atoms with E-state index in [0.29, 0.717) is 0 Å². The van der Waals surface area contributed by atoms with Crippen molar-refractivity contribution in [2.45, 2.75) is 169 Å². The monoisotopic (exact) mass is 433 g/mol. The van der Waals surface area contributed by atoms with Crippen molar-refractivity contribution in [3.63, 3.8) is 0 Å². The maximum Gasteiger partial charge on any atom is 0.256 e. The highest BCUT2D eigenvalue weighted by atomic mass is 15.1. The largest absolute Gasteiger partial charge is 0.256 e. The van der Waals surface area contributed by atoms with Crippen LogP contribution in [0, 0.1) is 0 Å². The van der Waals surface area contributed by atoms with E-state index < -0.39 is 0 Å². The number of rotatable bonds is 23. The SMILES string of the molecule is CCCCCCCCCCCCCCCCc1n(CCCC)cc[n+]1CCCCCC. The average Bonchev–Trinajstić information content (AvgIpc) is 3.17. The highest BCUT2D eigenvalue weighted by Gasteiger charge is 2.16. The van der Waals surface area contributed by atoms with Crippen LogP contribution in [-0.2, 0) is 19.5 Å². The summed E-state index contributed by atoms with van der Waals surface area (Å²) in [6.07, 6.45) is 34.1. The Bertz CT molecular complexity index is 491. The molecule has 0 radical (unpaired) electrons. The molecule has 0 aliphatic rings. The summed E-state index contributed by atoms with van der Waals surface area (Å²) in [6, 6.07) is 0. The molecule has 0 unspecified atom stereocenters. The molecule has 0 aliphatic carbocycles. The maximum atomic E-state index is 2.56. The van der Waals surface area contributed by atoms with Gasteiger partial charge in [-0.05, 0) is 25.7 Å². The van der Waals surface area contributed by atoms with Gasteiger partial charge >= 0.3 is 0 Å². The minimum absolute atomic E-state index is 1.20. The Morgan fingerprint density at radius 1 is 0.548 bits per heavy atom. The fourth-order valence-corrected chi connectivity index (χ4v) is 4.71. The fourth-order valence-electron chi connectivity index (χ4n) is 4.71. The van der Waals surface area contributed by atoms with E-state index in [4.69, 9.17) is 0 Å². The van der Waals surface area contributed by atoms with E-state index in [0.717, 1.165) is 0 Å². The van der Waals surface area contributed by atoms with Crippen LogP contribution in [0.1, 0.15) is 155 Å². The summed E-state index contributed by atoms with van der Waals surface area (Å²) in [4.78, 5) is 0. The van der Waals surface area contributed by atoms with Crippen LogP contribution in [0.25, 0.3) is 0 Å². The molecule has 1 rings (SSSR count). The van der Waals surface area contributed by atoms with Crippen LogP contribution in [0.5, 0.6) is 0 Å². The summed E-state index contributed by atoms with van der Waals surface area (Å²) in [5.41, 5.74) is 0. The Labute approximate surface area is 196 Å². The van der Waals surface area contributed by atoms with Crippen molar-refractivity contribution in [2.75, 3.05) is 0 Å². The predicted octanol–water partition coefficient (Wildman–Crippen LogP) is 9.18. The van der Waals surface area contributed by atoms with E-state index in [-0.39, 0.29) is 0 Å². The van der Waals surface area contributed by atoms with E-state index in [1.807, 2.05) is 0 Å². The summed E-state index contributed by atoms with van der Waals surface area (Å²) >= 11 is 0. The fraction of sp³-hybridized carbons (Fsp3) is 0.897. The number of aryl methyl sites for hydroxylation is 2. The van der Waals surface area contributed by atoms with Gasteiger partial charge in [-0.15, -0.1) is 0 Å². The number of aromatic nitrogens is 2. The third kappa shape index (κ3) is 14.8. The van der Waals surface area contributed by atoms with Gasteiger partial charge in [-0.1, -0.05) is 124 Å². The molecule has 31 heavy (non-hydrogen) atoms. The molecule has 1 aromatic rings. The summed E-state index contributed by atoms with van der Waals surface area (Å²) < 4.78 is 5.11. The Kier molecular flexibility index (Phi) is 19.2. The Morgan fingerprint density at radius 2 is 1.00 bits per heavy atom. The van der Waals surface area contributed by atoms with Gasteiger partial charge in [0.2, 0.25) is 0 Å². The number of nitrogens with zero attached hydrogens (tertiary/aromatic N) is 2. The number of unbranched alkanes of at least 4 members (excludes halogenated alkanes) is 17. The second kappa shape index (κ2) is 21.1. The van der Waals surface area contributed by atoms with E-state index in [1.54, 1.807) is 5.82 Å². The van der Waals surface area contributed by atoms with Crippen molar-refractivity contribution in [3.8, 4) is 0 Å². The molecule has 0 saturated carbocycles. The molecule has 1 heterocycles. The number of hydrogen-bond acceptors (Lipinski definition) is 0. The van der Waals surface area contributed by atoms with Crippen molar-refractivity contribution in [2.24, 2.45) is 0 Å². The quantitative estimate of drug-likeness (QED) is 0.120. The molecule has 0 saturated heterocycles. The van der Waals surface area contributed by atoms with Gasteiger partial charge in [0.15, 0.2) is 0 Å². The smallest absolute Gasteiger partial charge is 0.234 e. The lowest BCUT2D eigenvalue weighted by molar-refractivity contribution is -0.704. The van der Waals surface area contributed by atoms with Crippen LogP contribution < -0.4 is 4.57 Å². The molecule has 1 aromatic heterocycles. The lowest BCUT2D eigenvalue weighted by Gasteiger charge is -2.06. The molecule has 182 valence electrons. The topological polar surface area (TPSA) is 8.81 Å².